The zero-order valence-electron chi connectivity index (χ0n) is 12.9. The van der Waals surface area contributed by atoms with Gasteiger partial charge in [-0.15, -0.1) is 0 Å². The molecule has 0 aliphatic rings. The molecule has 0 amide bonds. The first-order valence-electron chi connectivity index (χ1n) is 6.98. The maximum atomic E-state index is 13.0. The summed E-state index contributed by atoms with van der Waals surface area (Å²) in [5.74, 6) is -0.0385. The second-order valence-corrected chi connectivity index (χ2v) is 5.24. The Labute approximate surface area is 126 Å². The molecule has 2 heterocycles. The van der Waals surface area contributed by atoms with Crippen LogP contribution in [0.25, 0.3) is 11.3 Å². The maximum absolute atomic E-state index is 13.0. The monoisotopic (exact) mass is 313 g/mol. The fourth-order valence-corrected chi connectivity index (χ4v) is 1.98. The molecule has 2 rings (SSSR count). The summed E-state index contributed by atoms with van der Waals surface area (Å²) < 4.78 is 40.8. The number of aromatic nitrogens is 4. The lowest BCUT2D eigenvalue weighted by Crippen LogP contribution is -2.16. The molecule has 0 fully saturated rings. The van der Waals surface area contributed by atoms with Gasteiger partial charge in [0, 0.05) is 24.3 Å². The van der Waals surface area contributed by atoms with Crippen LogP contribution >= 0.6 is 0 Å². The van der Waals surface area contributed by atoms with Gasteiger partial charge in [-0.3, -0.25) is 4.68 Å². The SMILES string of the molecule is CCn1cc(-c2cc(C(F)(F)F)nc(NC(C)C)n2)c(C)n1. The van der Waals surface area contributed by atoms with Crippen molar-refractivity contribution in [2.24, 2.45) is 0 Å². The van der Waals surface area contributed by atoms with E-state index in [9.17, 15) is 13.2 Å². The summed E-state index contributed by atoms with van der Waals surface area (Å²) in [6, 6.07) is 0.881. The lowest BCUT2D eigenvalue weighted by molar-refractivity contribution is -0.141. The highest BCUT2D eigenvalue weighted by atomic mass is 19.4. The Morgan fingerprint density at radius 3 is 2.45 bits per heavy atom. The third-order valence-electron chi connectivity index (χ3n) is 2.98. The highest BCUT2D eigenvalue weighted by Gasteiger charge is 2.34. The van der Waals surface area contributed by atoms with Crippen LogP contribution in [0.3, 0.4) is 0 Å². The standard InChI is InChI=1S/C14H18F3N5/c1-5-22-7-10(9(4)21-22)11-6-12(14(15,16)17)20-13(19-11)18-8(2)3/h6-8H,5H2,1-4H3,(H,18,19,20). The van der Waals surface area contributed by atoms with Crippen molar-refractivity contribution in [3.05, 3.63) is 23.7 Å². The summed E-state index contributed by atoms with van der Waals surface area (Å²) in [4.78, 5) is 7.74. The van der Waals surface area contributed by atoms with E-state index in [0.29, 0.717) is 17.8 Å². The van der Waals surface area contributed by atoms with Crippen LogP contribution in [0, 0.1) is 6.92 Å². The van der Waals surface area contributed by atoms with E-state index in [1.807, 2.05) is 20.8 Å². The van der Waals surface area contributed by atoms with Gasteiger partial charge < -0.3 is 5.32 Å². The van der Waals surface area contributed by atoms with E-state index in [4.69, 9.17) is 0 Å². The van der Waals surface area contributed by atoms with Crippen LogP contribution in [0.1, 0.15) is 32.2 Å². The number of hydrogen-bond donors (Lipinski definition) is 1. The topological polar surface area (TPSA) is 55.6 Å². The predicted octanol–water partition coefficient (Wildman–Crippen LogP) is 3.51. The van der Waals surface area contributed by atoms with Crippen molar-refractivity contribution in [3.63, 3.8) is 0 Å². The van der Waals surface area contributed by atoms with E-state index in [1.165, 1.54) is 0 Å². The third kappa shape index (κ3) is 3.55. The molecular formula is C14H18F3N5. The quantitative estimate of drug-likeness (QED) is 0.938. The van der Waals surface area contributed by atoms with Gasteiger partial charge in [-0.05, 0) is 33.8 Å². The molecule has 0 aliphatic heterocycles. The van der Waals surface area contributed by atoms with E-state index < -0.39 is 11.9 Å². The zero-order chi connectivity index (χ0) is 16.5. The second kappa shape index (κ2) is 5.94. The van der Waals surface area contributed by atoms with Crippen LogP contribution in [0.15, 0.2) is 12.3 Å². The molecule has 1 N–H and O–H groups in total. The Balaban J connectivity index is 2.56. The number of halogens is 3. The fourth-order valence-electron chi connectivity index (χ4n) is 1.98. The molecule has 0 saturated carbocycles. The minimum atomic E-state index is -4.53. The molecule has 0 atom stereocenters. The second-order valence-electron chi connectivity index (χ2n) is 5.24. The van der Waals surface area contributed by atoms with E-state index in [-0.39, 0.29) is 17.7 Å². The van der Waals surface area contributed by atoms with Crippen molar-refractivity contribution in [1.29, 1.82) is 0 Å². The van der Waals surface area contributed by atoms with Crippen LogP contribution in [0.5, 0.6) is 0 Å². The van der Waals surface area contributed by atoms with Crippen LogP contribution in [0.2, 0.25) is 0 Å². The zero-order valence-corrected chi connectivity index (χ0v) is 12.9. The number of nitrogens with one attached hydrogen (secondary N) is 1. The van der Waals surface area contributed by atoms with Crippen LogP contribution < -0.4 is 5.32 Å². The summed E-state index contributed by atoms with van der Waals surface area (Å²) in [6.45, 7) is 7.90. The van der Waals surface area contributed by atoms with Crippen molar-refractivity contribution in [3.8, 4) is 11.3 Å². The van der Waals surface area contributed by atoms with E-state index in [1.54, 1.807) is 17.8 Å². The summed E-state index contributed by atoms with van der Waals surface area (Å²) >= 11 is 0. The van der Waals surface area contributed by atoms with E-state index in [2.05, 4.69) is 20.4 Å². The number of nitrogens with zero attached hydrogens (tertiary/aromatic N) is 4. The summed E-state index contributed by atoms with van der Waals surface area (Å²) in [5.41, 5.74) is 0.442. The number of hydrogen-bond acceptors (Lipinski definition) is 4. The van der Waals surface area contributed by atoms with Gasteiger partial charge in [-0.2, -0.15) is 18.3 Å². The first kappa shape index (κ1) is 16.3. The average molecular weight is 313 g/mol. The molecule has 0 bridgehead atoms. The van der Waals surface area contributed by atoms with Gasteiger partial charge in [0.05, 0.1) is 11.4 Å². The van der Waals surface area contributed by atoms with Gasteiger partial charge in [0.2, 0.25) is 5.95 Å². The van der Waals surface area contributed by atoms with Gasteiger partial charge in [0.1, 0.15) is 0 Å². The molecule has 2 aromatic rings. The third-order valence-corrected chi connectivity index (χ3v) is 2.98. The van der Waals surface area contributed by atoms with Crippen molar-refractivity contribution in [1.82, 2.24) is 19.7 Å². The van der Waals surface area contributed by atoms with Crippen molar-refractivity contribution in [2.75, 3.05) is 5.32 Å². The van der Waals surface area contributed by atoms with Gasteiger partial charge in [0.25, 0.3) is 0 Å². The first-order valence-corrected chi connectivity index (χ1v) is 6.98. The maximum Gasteiger partial charge on any atom is 0.433 e. The van der Waals surface area contributed by atoms with Gasteiger partial charge in [0.15, 0.2) is 5.69 Å². The Hall–Kier alpha value is -2.12. The molecule has 0 spiro atoms. The lowest BCUT2D eigenvalue weighted by Gasteiger charge is -2.13. The number of anilines is 1. The normalized spacial score (nSPS) is 12.0. The highest BCUT2D eigenvalue weighted by molar-refractivity contribution is 5.62. The Morgan fingerprint density at radius 2 is 1.95 bits per heavy atom. The molecule has 0 radical (unpaired) electrons. The summed E-state index contributed by atoms with van der Waals surface area (Å²) in [5, 5.41) is 7.06. The minimum absolute atomic E-state index is 0.0385. The van der Waals surface area contributed by atoms with Gasteiger partial charge in [-0.1, -0.05) is 0 Å². The largest absolute Gasteiger partial charge is 0.433 e. The molecule has 8 heteroatoms. The average Bonchev–Trinajstić information content (AvgIpc) is 2.78. The molecule has 0 saturated heterocycles. The Morgan fingerprint density at radius 1 is 1.27 bits per heavy atom. The number of aryl methyl sites for hydroxylation is 2. The summed E-state index contributed by atoms with van der Waals surface area (Å²) in [6.07, 6.45) is -2.84. The van der Waals surface area contributed by atoms with Crippen molar-refractivity contribution in [2.45, 2.75) is 46.5 Å². The van der Waals surface area contributed by atoms with E-state index >= 15 is 0 Å². The Kier molecular flexibility index (Phi) is 4.39. The molecule has 0 aliphatic carbocycles. The predicted molar refractivity (Wildman–Crippen MR) is 77.4 cm³/mol. The summed E-state index contributed by atoms with van der Waals surface area (Å²) in [7, 11) is 0. The van der Waals surface area contributed by atoms with Gasteiger partial charge in [-0.25, -0.2) is 9.97 Å². The number of rotatable bonds is 4. The lowest BCUT2D eigenvalue weighted by atomic mass is 10.1. The van der Waals surface area contributed by atoms with Crippen LogP contribution in [-0.2, 0) is 12.7 Å². The van der Waals surface area contributed by atoms with Crippen LogP contribution in [-0.4, -0.2) is 25.8 Å². The fraction of sp³-hybridized carbons (Fsp3) is 0.500. The molecule has 2 aromatic heterocycles. The molecule has 22 heavy (non-hydrogen) atoms. The molecule has 0 unspecified atom stereocenters. The molecule has 120 valence electrons. The van der Waals surface area contributed by atoms with Gasteiger partial charge >= 0.3 is 6.18 Å². The van der Waals surface area contributed by atoms with E-state index in [0.717, 1.165) is 6.07 Å². The molecular weight excluding hydrogens is 295 g/mol. The van der Waals surface area contributed by atoms with Crippen molar-refractivity contribution >= 4 is 5.95 Å². The Bertz CT molecular complexity index is 661. The molecule has 5 nitrogen and oxygen atoms in total. The molecule has 0 aromatic carbocycles. The smallest absolute Gasteiger partial charge is 0.352 e. The highest BCUT2D eigenvalue weighted by Crippen LogP contribution is 2.31. The number of alkyl halides is 3. The van der Waals surface area contributed by atoms with Crippen LogP contribution in [0.4, 0.5) is 19.1 Å². The minimum Gasteiger partial charge on any atom is -0.352 e. The first-order chi connectivity index (χ1) is 10.2. The van der Waals surface area contributed by atoms with Crippen molar-refractivity contribution < 1.29 is 13.2 Å².